The summed E-state index contributed by atoms with van der Waals surface area (Å²) in [6, 6.07) is 11.1. The zero-order valence-corrected chi connectivity index (χ0v) is 14.3. The minimum atomic E-state index is -0.171. The summed E-state index contributed by atoms with van der Waals surface area (Å²) in [5.74, 6) is 1.18. The molecule has 24 heavy (non-hydrogen) atoms. The Hall–Kier alpha value is -2.95. The van der Waals surface area contributed by atoms with Gasteiger partial charge in [-0.2, -0.15) is 0 Å². The van der Waals surface area contributed by atoms with Gasteiger partial charge in [0.15, 0.2) is 17.3 Å². The molecule has 126 valence electrons. The molecule has 5 heteroatoms. The number of hydrogen-bond acceptors (Lipinski definition) is 5. The molecule has 2 aromatic rings. The summed E-state index contributed by atoms with van der Waals surface area (Å²) in [5.41, 5.74) is 2.50. The third-order valence-electron chi connectivity index (χ3n) is 3.57. The minimum absolute atomic E-state index is 0.171. The molecule has 1 N–H and O–H groups in total. The van der Waals surface area contributed by atoms with Crippen LogP contribution in [0.5, 0.6) is 17.2 Å². The van der Waals surface area contributed by atoms with E-state index in [1.54, 1.807) is 18.3 Å². The van der Waals surface area contributed by atoms with E-state index in [1.807, 2.05) is 31.2 Å². The summed E-state index contributed by atoms with van der Waals surface area (Å²) in [7, 11) is 4.55. The lowest BCUT2D eigenvalue weighted by Gasteiger charge is -2.13. The summed E-state index contributed by atoms with van der Waals surface area (Å²) in [6.07, 6.45) is 3.08. The van der Waals surface area contributed by atoms with Crippen molar-refractivity contribution < 1.29 is 19.0 Å². The number of benzene rings is 2. The van der Waals surface area contributed by atoms with Crippen molar-refractivity contribution in [2.24, 2.45) is 0 Å². The molecule has 0 aromatic heterocycles. The molecule has 0 spiro atoms. The van der Waals surface area contributed by atoms with Crippen molar-refractivity contribution >= 4 is 11.5 Å². The summed E-state index contributed by atoms with van der Waals surface area (Å²) in [6.45, 7) is 2.00. The van der Waals surface area contributed by atoms with Gasteiger partial charge in [-0.25, -0.2) is 0 Å². The molecular formula is C19H21NO4. The normalized spacial score (nSPS) is 10.5. The van der Waals surface area contributed by atoms with Gasteiger partial charge in [-0.15, -0.1) is 0 Å². The Labute approximate surface area is 141 Å². The van der Waals surface area contributed by atoms with Crippen molar-refractivity contribution in [3.05, 3.63) is 59.8 Å². The van der Waals surface area contributed by atoms with Crippen molar-refractivity contribution in [3.8, 4) is 17.2 Å². The van der Waals surface area contributed by atoms with Crippen LogP contribution < -0.4 is 19.5 Å². The fourth-order valence-corrected chi connectivity index (χ4v) is 2.26. The molecule has 2 rings (SSSR count). The SMILES string of the molecule is COc1cc(C(=O)/C=C/Nc2ccccc2C)cc(OC)c1OC. The number of anilines is 1. The molecule has 0 aliphatic carbocycles. The Morgan fingerprint density at radius 3 is 2.17 bits per heavy atom. The second-order valence-electron chi connectivity index (χ2n) is 5.07. The zero-order valence-electron chi connectivity index (χ0n) is 14.3. The van der Waals surface area contributed by atoms with E-state index in [1.165, 1.54) is 27.4 Å². The van der Waals surface area contributed by atoms with Crippen LogP contribution in [0.15, 0.2) is 48.7 Å². The van der Waals surface area contributed by atoms with E-state index >= 15 is 0 Å². The Kier molecular flexibility index (Phi) is 5.84. The Balaban J connectivity index is 2.20. The number of hydrogen-bond donors (Lipinski definition) is 1. The van der Waals surface area contributed by atoms with Crippen LogP contribution in [-0.2, 0) is 0 Å². The average molecular weight is 327 g/mol. The molecule has 2 aromatic carbocycles. The second kappa shape index (κ2) is 8.06. The molecule has 0 aliphatic rings. The number of allylic oxidation sites excluding steroid dienone is 1. The molecule has 0 radical (unpaired) electrons. The first kappa shape index (κ1) is 17.4. The third-order valence-corrected chi connectivity index (χ3v) is 3.57. The van der Waals surface area contributed by atoms with Gasteiger partial charge in [0.25, 0.3) is 0 Å². The molecule has 0 heterocycles. The van der Waals surface area contributed by atoms with Crippen molar-refractivity contribution in [2.45, 2.75) is 6.92 Å². The number of aryl methyl sites for hydroxylation is 1. The highest BCUT2D eigenvalue weighted by Gasteiger charge is 2.15. The molecule has 5 nitrogen and oxygen atoms in total. The van der Waals surface area contributed by atoms with Gasteiger partial charge in [0.2, 0.25) is 5.75 Å². The lowest BCUT2D eigenvalue weighted by atomic mass is 10.1. The van der Waals surface area contributed by atoms with E-state index in [2.05, 4.69) is 5.32 Å². The molecule has 0 atom stereocenters. The van der Waals surface area contributed by atoms with Crippen LogP contribution in [0.25, 0.3) is 0 Å². The van der Waals surface area contributed by atoms with E-state index in [0.717, 1.165) is 11.3 Å². The number of ether oxygens (including phenoxy) is 3. The Morgan fingerprint density at radius 2 is 1.62 bits per heavy atom. The number of carbonyl (C=O) groups excluding carboxylic acids is 1. The maximum Gasteiger partial charge on any atom is 0.203 e. The lowest BCUT2D eigenvalue weighted by Crippen LogP contribution is -2.01. The first-order valence-electron chi connectivity index (χ1n) is 7.43. The van der Waals surface area contributed by atoms with Gasteiger partial charge in [0.05, 0.1) is 21.3 Å². The van der Waals surface area contributed by atoms with Crippen molar-refractivity contribution in [1.82, 2.24) is 0 Å². The molecule has 0 fully saturated rings. The van der Waals surface area contributed by atoms with Crippen LogP contribution in [0.3, 0.4) is 0 Å². The first-order valence-corrected chi connectivity index (χ1v) is 7.43. The highest BCUT2D eigenvalue weighted by molar-refractivity contribution is 6.05. The number of methoxy groups -OCH3 is 3. The monoisotopic (exact) mass is 327 g/mol. The molecule has 0 saturated carbocycles. The van der Waals surface area contributed by atoms with Crippen LogP contribution in [0.1, 0.15) is 15.9 Å². The highest BCUT2D eigenvalue weighted by Crippen LogP contribution is 2.38. The largest absolute Gasteiger partial charge is 0.493 e. The Bertz CT molecular complexity index is 728. The van der Waals surface area contributed by atoms with E-state index in [4.69, 9.17) is 14.2 Å². The van der Waals surface area contributed by atoms with Gasteiger partial charge in [-0.1, -0.05) is 18.2 Å². The van der Waals surface area contributed by atoms with E-state index < -0.39 is 0 Å². The smallest absolute Gasteiger partial charge is 0.203 e. The number of ketones is 1. The molecule has 0 aliphatic heterocycles. The van der Waals surface area contributed by atoms with Crippen LogP contribution in [0, 0.1) is 6.92 Å². The number of carbonyl (C=O) groups is 1. The molecule has 0 amide bonds. The molecule has 0 bridgehead atoms. The maximum atomic E-state index is 12.4. The fraction of sp³-hybridized carbons (Fsp3) is 0.211. The number of para-hydroxylation sites is 1. The van der Waals surface area contributed by atoms with Crippen LogP contribution in [0.2, 0.25) is 0 Å². The summed E-state index contributed by atoms with van der Waals surface area (Å²) < 4.78 is 15.8. The van der Waals surface area contributed by atoms with Crippen LogP contribution in [-0.4, -0.2) is 27.1 Å². The quantitative estimate of drug-likeness (QED) is 0.619. The molecule has 0 saturated heterocycles. The number of rotatable bonds is 7. The van der Waals surface area contributed by atoms with Crippen LogP contribution in [0.4, 0.5) is 5.69 Å². The molecule has 0 unspecified atom stereocenters. The van der Waals surface area contributed by atoms with E-state index in [0.29, 0.717) is 22.8 Å². The number of nitrogens with one attached hydrogen (secondary N) is 1. The van der Waals surface area contributed by atoms with Crippen LogP contribution >= 0.6 is 0 Å². The van der Waals surface area contributed by atoms with Gasteiger partial charge in [-0.05, 0) is 30.7 Å². The predicted octanol–water partition coefficient (Wildman–Crippen LogP) is 3.83. The minimum Gasteiger partial charge on any atom is -0.493 e. The second-order valence-corrected chi connectivity index (χ2v) is 5.07. The Morgan fingerprint density at radius 1 is 1.00 bits per heavy atom. The summed E-state index contributed by atoms with van der Waals surface area (Å²) in [5, 5.41) is 3.10. The third kappa shape index (κ3) is 3.87. The first-order chi connectivity index (χ1) is 11.6. The van der Waals surface area contributed by atoms with Crippen molar-refractivity contribution in [1.29, 1.82) is 0 Å². The van der Waals surface area contributed by atoms with Gasteiger partial charge in [0.1, 0.15) is 0 Å². The van der Waals surface area contributed by atoms with Gasteiger partial charge >= 0.3 is 0 Å². The van der Waals surface area contributed by atoms with Crippen molar-refractivity contribution in [3.63, 3.8) is 0 Å². The topological polar surface area (TPSA) is 56.8 Å². The highest BCUT2D eigenvalue weighted by atomic mass is 16.5. The standard InChI is InChI=1S/C19H21NO4/c1-13-7-5-6-8-15(13)20-10-9-16(21)14-11-17(22-2)19(24-4)18(12-14)23-3/h5-12,20H,1-4H3/b10-9+. The molecular weight excluding hydrogens is 306 g/mol. The van der Waals surface area contributed by atoms with Gasteiger partial charge in [-0.3, -0.25) is 4.79 Å². The van der Waals surface area contributed by atoms with Gasteiger partial charge < -0.3 is 19.5 Å². The maximum absolute atomic E-state index is 12.4. The lowest BCUT2D eigenvalue weighted by molar-refractivity contribution is 0.104. The summed E-state index contributed by atoms with van der Waals surface area (Å²) >= 11 is 0. The predicted molar refractivity (Wildman–Crippen MR) is 94.4 cm³/mol. The van der Waals surface area contributed by atoms with E-state index in [-0.39, 0.29) is 5.78 Å². The zero-order chi connectivity index (χ0) is 17.5. The van der Waals surface area contributed by atoms with E-state index in [9.17, 15) is 4.79 Å². The van der Waals surface area contributed by atoms with Gasteiger partial charge in [0, 0.05) is 23.5 Å². The summed E-state index contributed by atoms with van der Waals surface area (Å²) in [4.78, 5) is 12.4. The average Bonchev–Trinajstić information content (AvgIpc) is 2.61. The fourth-order valence-electron chi connectivity index (χ4n) is 2.26. The van der Waals surface area contributed by atoms with Crippen molar-refractivity contribution in [2.75, 3.05) is 26.6 Å².